The Balaban J connectivity index is 1.23. The van der Waals surface area contributed by atoms with E-state index >= 15 is 0 Å². The molecular weight excluding hydrogens is 681 g/mol. The van der Waals surface area contributed by atoms with Crippen molar-refractivity contribution >= 4 is 43.6 Å². The summed E-state index contributed by atoms with van der Waals surface area (Å²) in [4.78, 5) is 10.4. The second-order valence-corrected chi connectivity index (χ2v) is 14.2. The molecule has 0 aliphatic carbocycles. The minimum Gasteiger partial charge on any atom is -0.309 e. The van der Waals surface area contributed by atoms with Gasteiger partial charge in [0.25, 0.3) is 0 Å². The van der Waals surface area contributed by atoms with E-state index in [0.29, 0.717) is 0 Å². The number of hydrogen-bond acceptors (Lipinski definition) is 2. The van der Waals surface area contributed by atoms with Crippen LogP contribution in [0.2, 0.25) is 0 Å². The van der Waals surface area contributed by atoms with Gasteiger partial charge in [-0.3, -0.25) is 0 Å². The average Bonchev–Trinajstić information content (AvgIpc) is 3.78. The van der Waals surface area contributed by atoms with Crippen LogP contribution in [0.4, 0.5) is 0 Å². The molecule has 0 aliphatic rings. The van der Waals surface area contributed by atoms with Crippen molar-refractivity contribution in [3.05, 3.63) is 206 Å². The largest absolute Gasteiger partial charge is 0.309 e. The monoisotopic (exact) mass is 714 g/mol. The fourth-order valence-corrected chi connectivity index (χ4v) is 8.30. The summed E-state index contributed by atoms with van der Waals surface area (Å²) < 4.78 is 4.84. The van der Waals surface area contributed by atoms with E-state index in [-0.39, 0.29) is 0 Å². The zero-order valence-electron chi connectivity index (χ0n) is 30.4. The third kappa shape index (κ3) is 5.31. The van der Waals surface area contributed by atoms with Gasteiger partial charge in [0.05, 0.1) is 56.2 Å². The number of para-hydroxylation sites is 2. The van der Waals surface area contributed by atoms with Crippen LogP contribution in [-0.2, 0) is 0 Å². The van der Waals surface area contributed by atoms with E-state index in [4.69, 9.17) is 9.97 Å². The van der Waals surface area contributed by atoms with Gasteiger partial charge in [-0.2, -0.15) is 0 Å². The lowest BCUT2D eigenvalue weighted by Gasteiger charge is -2.14. The summed E-state index contributed by atoms with van der Waals surface area (Å²) in [6.07, 6.45) is 0. The lowest BCUT2D eigenvalue weighted by molar-refractivity contribution is 1.15. The van der Waals surface area contributed by atoms with E-state index in [1.54, 1.807) is 0 Å². The molecular formula is C52H34N4. The van der Waals surface area contributed by atoms with Crippen molar-refractivity contribution in [1.82, 2.24) is 19.1 Å². The predicted molar refractivity (Wildman–Crippen MR) is 232 cm³/mol. The Kier molecular flexibility index (Phi) is 7.46. The maximum Gasteiger partial charge on any atom is 0.0730 e. The molecule has 0 saturated carbocycles. The molecule has 11 aromatic rings. The highest BCUT2D eigenvalue weighted by molar-refractivity contribution is 6.19. The maximum atomic E-state index is 5.22. The first-order chi connectivity index (χ1) is 27.8. The normalized spacial score (nSPS) is 11.6. The molecule has 7 aromatic carbocycles. The van der Waals surface area contributed by atoms with Gasteiger partial charge in [0, 0.05) is 43.8 Å². The lowest BCUT2D eigenvalue weighted by Crippen LogP contribution is -2.00. The molecule has 0 unspecified atom stereocenters. The number of nitrogens with zero attached hydrogens (tertiary/aromatic N) is 4. The highest BCUT2D eigenvalue weighted by Gasteiger charge is 2.20. The van der Waals surface area contributed by atoms with Gasteiger partial charge in [-0.25, -0.2) is 9.97 Å². The second-order valence-electron chi connectivity index (χ2n) is 14.2. The molecule has 4 aromatic heterocycles. The van der Waals surface area contributed by atoms with Crippen LogP contribution in [0.1, 0.15) is 0 Å². The van der Waals surface area contributed by atoms with E-state index in [1.807, 2.05) is 0 Å². The van der Waals surface area contributed by atoms with Crippen LogP contribution in [0.3, 0.4) is 0 Å². The first kappa shape index (κ1) is 31.9. The number of benzene rings is 7. The molecule has 4 heteroatoms. The van der Waals surface area contributed by atoms with Crippen molar-refractivity contribution < 1.29 is 0 Å². The minimum atomic E-state index is 0.932. The van der Waals surface area contributed by atoms with E-state index in [1.165, 1.54) is 21.5 Å². The Morgan fingerprint density at radius 3 is 0.893 bits per heavy atom. The molecule has 0 radical (unpaired) electrons. The quantitative estimate of drug-likeness (QED) is 0.172. The summed E-state index contributed by atoms with van der Waals surface area (Å²) in [6.45, 7) is 0. The minimum absolute atomic E-state index is 0.932. The molecule has 0 saturated heterocycles. The molecule has 0 spiro atoms. The van der Waals surface area contributed by atoms with Crippen molar-refractivity contribution in [3.63, 3.8) is 0 Å². The Hall–Kier alpha value is -7.56. The van der Waals surface area contributed by atoms with Gasteiger partial charge in [-0.05, 0) is 48.5 Å². The fourth-order valence-electron chi connectivity index (χ4n) is 8.30. The molecule has 4 heterocycles. The standard InChI is InChI=1S/C52H34N4/c1-5-17-35(18-6-1)45-29-39(30-46(53-45)36-19-7-2-8-20-36)55-49-27-15-13-25-41(49)43-33-44-42-26-14-16-28-50(42)56(52(44)34-51(43)55)40-31-47(37-21-9-3-10-22-37)54-48(32-40)38-23-11-4-12-24-38/h1-34H. The van der Waals surface area contributed by atoms with Crippen LogP contribution >= 0.6 is 0 Å². The van der Waals surface area contributed by atoms with Crippen LogP contribution < -0.4 is 0 Å². The molecule has 0 fully saturated rings. The summed E-state index contributed by atoms with van der Waals surface area (Å²) in [5.41, 5.74) is 14.7. The molecule has 0 amide bonds. The van der Waals surface area contributed by atoms with Gasteiger partial charge < -0.3 is 9.13 Å². The van der Waals surface area contributed by atoms with Crippen LogP contribution in [0.15, 0.2) is 206 Å². The number of rotatable bonds is 6. The van der Waals surface area contributed by atoms with Gasteiger partial charge in [-0.15, -0.1) is 0 Å². The van der Waals surface area contributed by atoms with Crippen LogP contribution in [0.25, 0.3) is 100 Å². The third-order valence-electron chi connectivity index (χ3n) is 10.9. The summed E-state index contributed by atoms with van der Waals surface area (Å²) in [7, 11) is 0. The highest BCUT2D eigenvalue weighted by atomic mass is 15.0. The zero-order chi connectivity index (χ0) is 37.0. The van der Waals surface area contributed by atoms with Gasteiger partial charge in [-0.1, -0.05) is 158 Å². The molecule has 262 valence electrons. The van der Waals surface area contributed by atoms with Crippen molar-refractivity contribution in [1.29, 1.82) is 0 Å². The number of hydrogen-bond donors (Lipinski definition) is 0. The Morgan fingerprint density at radius 2 is 0.554 bits per heavy atom. The number of pyridine rings is 2. The van der Waals surface area contributed by atoms with Crippen molar-refractivity contribution in [2.75, 3.05) is 0 Å². The van der Waals surface area contributed by atoms with Crippen LogP contribution in [0, 0.1) is 0 Å². The maximum absolute atomic E-state index is 5.22. The zero-order valence-corrected chi connectivity index (χ0v) is 30.4. The SMILES string of the molecule is c1ccc(-c2cc(-n3c4ccccc4c4cc5c6ccccc6n(-c6cc(-c7ccccc7)nc(-c7ccccc7)c6)c5cc43)cc(-c3ccccc3)n2)cc1. The second kappa shape index (κ2) is 13.1. The molecule has 0 atom stereocenters. The smallest absolute Gasteiger partial charge is 0.0730 e. The summed E-state index contributed by atoms with van der Waals surface area (Å²) in [5, 5.41) is 4.84. The van der Waals surface area contributed by atoms with Gasteiger partial charge in [0.15, 0.2) is 0 Å². The third-order valence-corrected chi connectivity index (χ3v) is 10.9. The molecule has 0 bridgehead atoms. The molecule has 4 nitrogen and oxygen atoms in total. The van der Waals surface area contributed by atoms with Gasteiger partial charge in [0.2, 0.25) is 0 Å². The van der Waals surface area contributed by atoms with Crippen LogP contribution in [0.5, 0.6) is 0 Å². The highest BCUT2D eigenvalue weighted by Crippen LogP contribution is 2.41. The fraction of sp³-hybridized carbons (Fsp3) is 0. The van der Waals surface area contributed by atoms with Gasteiger partial charge >= 0.3 is 0 Å². The Labute approximate surface area is 324 Å². The molecule has 56 heavy (non-hydrogen) atoms. The predicted octanol–water partition coefficient (Wildman–Crippen LogP) is 13.3. The van der Waals surface area contributed by atoms with Crippen molar-refractivity contribution in [2.24, 2.45) is 0 Å². The molecule has 0 N–H and O–H groups in total. The van der Waals surface area contributed by atoms with E-state index in [0.717, 1.165) is 78.5 Å². The van der Waals surface area contributed by atoms with Crippen molar-refractivity contribution in [3.8, 4) is 56.4 Å². The summed E-state index contributed by atoms with van der Waals surface area (Å²) in [5.74, 6) is 0. The van der Waals surface area contributed by atoms with E-state index in [9.17, 15) is 0 Å². The number of aromatic nitrogens is 4. The van der Waals surface area contributed by atoms with Crippen LogP contribution in [-0.4, -0.2) is 19.1 Å². The van der Waals surface area contributed by atoms with Gasteiger partial charge in [0.1, 0.15) is 0 Å². The first-order valence-electron chi connectivity index (χ1n) is 19.0. The molecule has 11 rings (SSSR count). The first-order valence-corrected chi connectivity index (χ1v) is 19.0. The summed E-state index contributed by atoms with van der Waals surface area (Å²) >= 11 is 0. The topological polar surface area (TPSA) is 35.6 Å². The van der Waals surface area contributed by atoms with Crippen molar-refractivity contribution in [2.45, 2.75) is 0 Å². The molecule has 0 aliphatic heterocycles. The Bertz CT molecular complexity index is 2890. The number of fused-ring (bicyclic) bond motifs is 6. The lowest BCUT2D eigenvalue weighted by atomic mass is 10.1. The van der Waals surface area contributed by atoms with E-state index in [2.05, 4.69) is 215 Å². The average molecular weight is 715 g/mol. The summed E-state index contributed by atoms with van der Waals surface area (Å²) in [6, 6.07) is 73.1. The van der Waals surface area contributed by atoms with E-state index < -0.39 is 0 Å². The Morgan fingerprint density at radius 1 is 0.250 bits per heavy atom.